The van der Waals surface area contributed by atoms with Crippen LogP contribution in [0.2, 0.25) is 5.02 Å². The largest absolute Gasteiger partial charge is 0.489 e. The van der Waals surface area contributed by atoms with Crippen molar-refractivity contribution in [3.05, 3.63) is 64.2 Å². The second kappa shape index (κ2) is 9.96. The summed E-state index contributed by atoms with van der Waals surface area (Å²) in [5.41, 5.74) is 1.32. The van der Waals surface area contributed by atoms with Gasteiger partial charge in [0.2, 0.25) is 0 Å². The topological polar surface area (TPSA) is 32.8 Å². The third-order valence-corrected chi connectivity index (χ3v) is 6.27. The van der Waals surface area contributed by atoms with E-state index in [2.05, 4.69) is 4.90 Å². The Bertz CT molecular complexity index is 926. The van der Waals surface area contributed by atoms with E-state index in [9.17, 15) is 13.6 Å². The van der Waals surface area contributed by atoms with Gasteiger partial charge in [0.1, 0.15) is 11.9 Å². The molecule has 0 spiro atoms. The van der Waals surface area contributed by atoms with Crippen LogP contribution in [0.1, 0.15) is 48.0 Å². The number of piperidine rings is 2. The molecule has 0 N–H and O–H groups in total. The monoisotopic (exact) mass is 448 g/mol. The Hall–Kier alpha value is -2.18. The van der Waals surface area contributed by atoms with E-state index < -0.39 is 11.6 Å². The van der Waals surface area contributed by atoms with Crippen molar-refractivity contribution in [1.29, 1.82) is 0 Å². The van der Waals surface area contributed by atoms with Crippen molar-refractivity contribution in [3.63, 3.8) is 0 Å². The third kappa shape index (κ3) is 5.55. The molecule has 166 valence electrons. The van der Waals surface area contributed by atoms with Gasteiger partial charge in [0.25, 0.3) is 5.91 Å². The van der Waals surface area contributed by atoms with Crippen LogP contribution in [0.15, 0.2) is 36.4 Å². The van der Waals surface area contributed by atoms with Crippen molar-refractivity contribution in [2.75, 3.05) is 26.2 Å². The lowest BCUT2D eigenvalue weighted by atomic mass is 10.1. The molecule has 0 unspecified atom stereocenters. The summed E-state index contributed by atoms with van der Waals surface area (Å²) in [7, 11) is 0. The van der Waals surface area contributed by atoms with Crippen LogP contribution in [0.25, 0.3) is 0 Å². The van der Waals surface area contributed by atoms with Gasteiger partial charge in [0, 0.05) is 37.7 Å². The average molecular weight is 449 g/mol. The van der Waals surface area contributed by atoms with Crippen LogP contribution in [0, 0.1) is 11.6 Å². The first-order chi connectivity index (χ1) is 15.0. The second-order valence-corrected chi connectivity index (χ2v) is 8.77. The molecular weight excluding hydrogens is 422 g/mol. The van der Waals surface area contributed by atoms with Crippen molar-refractivity contribution in [3.8, 4) is 5.75 Å². The first-order valence-electron chi connectivity index (χ1n) is 10.9. The molecule has 0 bridgehead atoms. The zero-order valence-electron chi connectivity index (χ0n) is 17.5. The zero-order valence-corrected chi connectivity index (χ0v) is 18.2. The Morgan fingerprint density at radius 2 is 1.71 bits per heavy atom. The predicted octanol–water partition coefficient (Wildman–Crippen LogP) is 5.29. The summed E-state index contributed by atoms with van der Waals surface area (Å²) < 4.78 is 32.8. The maximum Gasteiger partial charge on any atom is 0.257 e. The molecule has 4 nitrogen and oxygen atoms in total. The van der Waals surface area contributed by atoms with Crippen LogP contribution < -0.4 is 4.74 Å². The SMILES string of the molecule is O=C(c1ccc(Cl)cc1OC1CCN(Cc2ccc(F)c(F)c2)CC1)N1CCCCC1. The number of benzene rings is 2. The molecule has 0 radical (unpaired) electrons. The van der Waals surface area contributed by atoms with Crippen LogP contribution in [0.4, 0.5) is 8.78 Å². The zero-order chi connectivity index (χ0) is 21.8. The van der Waals surface area contributed by atoms with Crippen LogP contribution in [-0.2, 0) is 6.54 Å². The summed E-state index contributed by atoms with van der Waals surface area (Å²) >= 11 is 6.19. The van der Waals surface area contributed by atoms with E-state index in [0.29, 0.717) is 22.9 Å². The lowest BCUT2D eigenvalue weighted by Gasteiger charge is -2.33. The molecular formula is C24H27ClF2N2O2. The normalized spacial score (nSPS) is 18.2. The van der Waals surface area contributed by atoms with Gasteiger partial charge in [-0.05, 0) is 68.0 Å². The molecule has 0 aliphatic carbocycles. The highest BCUT2D eigenvalue weighted by Crippen LogP contribution is 2.29. The van der Waals surface area contributed by atoms with Crippen LogP contribution in [-0.4, -0.2) is 48.0 Å². The van der Waals surface area contributed by atoms with E-state index in [1.807, 2.05) is 4.90 Å². The van der Waals surface area contributed by atoms with E-state index in [1.54, 1.807) is 24.3 Å². The number of ether oxygens (including phenoxy) is 1. The minimum absolute atomic E-state index is 0.00198. The summed E-state index contributed by atoms with van der Waals surface area (Å²) in [6, 6.07) is 9.25. The fourth-order valence-electron chi connectivity index (χ4n) is 4.30. The highest BCUT2D eigenvalue weighted by molar-refractivity contribution is 6.30. The molecule has 2 aromatic rings. The second-order valence-electron chi connectivity index (χ2n) is 8.34. The number of rotatable bonds is 5. The third-order valence-electron chi connectivity index (χ3n) is 6.04. The van der Waals surface area contributed by atoms with Crippen molar-refractivity contribution < 1.29 is 18.3 Å². The maximum atomic E-state index is 13.5. The molecule has 31 heavy (non-hydrogen) atoms. The van der Waals surface area contributed by atoms with Gasteiger partial charge < -0.3 is 9.64 Å². The van der Waals surface area contributed by atoms with Gasteiger partial charge in [-0.25, -0.2) is 8.78 Å². The van der Waals surface area contributed by atoms with Gasteiger partial charge in [-0.3, -0.25) is 9.69 Å². The number of hydrogen-bond donors (Lipinski definition) is 0. The highest BCUT2D eigenvalue weighted by Gasteiger charge is 2.25. The molecule has 4 rings (SSSR count). The summed E-state index contributed by atoms with van der Waals surface area (Å²) in [5, 5.41) is 0.543. The summed E-state index contributed by atoms with van der Waals surface area (Å²) in [4.78, 5) is 17.1. The first kappa shape index (κ1) is 22.0. The fraction of sp³-hybridized carbons (Fsp3) is 0.458. The smallest absolute Gasteiger partial charge is 0.257 e. The Labute approximate surface area is 186 Å². The molecule has 2 heterocycles. The van der Waals surface area contributed by atoms with E-state index >= 15 is 0 Å². The number of amides is 1. The van der Waals surface area contributed by atoms with Crippen LogP contribution in [0.3, 0.4) is 0 Å². The molecule has 2 aromatic carbocycles. The Balaban J connectivity index is 1.37. The van der Waals surface area contributed by atoms with E-state index in [0.717, 1.165) is 63.8 Å². The Morgan fingerprint density at radius 1 is 0.968 bits per heavy atom. The highest BCUT2D eigenvalue weighted by atomic mass is 35.5. The molecule has 7 heteroatoms. The first-order valence-corrected chi connectivity index (χ1v) is 11.3. The molecule has 2 aliphatic rings. The van der Waals surface area contributed by atoms with Gasteiger partial charge in [-0.1, -0.05) is 17.7 Å². The van der Waals surface area contributed by atoms with Crippen molar-refractivity contribution in [1.82, 2.24) is 9.80 Å². The number of nitrogens with zero attached hydrogens (tertiary/aromatic N) is 2. The fourth-order valence-corrected chi connectivity index (χ4v) is 4.46. The van der Waals surface area contributed by atoms with Crippen LogP contribution in [0.5, 0.6) is 5.75 Å². The van der Waals surface area contributed by atoms with Gasteiger partial charge in [-0.2, -0.15) is 0 Å². The van der Waals surface area contributed by atoms with Crippen molar-refractivity contribution in [2.24, 2.45) is 0 Å². The van der Waals surface area contributed by atoms with Gasteiger partial charge in [-0.15, -0.1) is 0 Å². The van der Waals surface area contributed by atoms with Crippen LogP contribution >= 0.6 is 11.6 Å². The molecule has 0 aromatic heterocycles. The molecule has 2 aliphatic heterocycles. The summed E-state index contributed by atoms with van der Waals surface area (Å²) in [5.74, 6) is -1.10. The van der Waals surface area contributed by atoms with E-state index in [-0.39, 0.29) is 12.0 Å². The molecule has 2 saturated heterocycles. The molecule has 0 saturated carbocycles. The van der Waals surface area contributed by atoms with Gasteiger partial charge >= 0.3 is 0 Å². The molecule has 0 atom stereocenters. The van der Waals surface area contributed by atoms with Crippen molar-refractivity contribution >= 4 is 17.5 Å². The Morgan fingerprint density at radius 3 is 2.42 bits per heavy atom. The van der Waals surface area contributed by atoms with E-state index in [1.165, 1.54) is 12.1 Å². The lowest BCUT2D eigenvalue weighted by Crippen LogP contribution is -2.38. The number of likely N-dealkylation sites (tertiary alicyclic amines) is 2. The minimum atomic E-state index is -0.827. The number of hydrogen-bond acceptors (Lipinski definition) is 3. The number of halogens is 3. The molecule has 1 amide bonds. The quantitative estimate of drug-likeness (QED) is 0.623. The molecule has 2 fully saturated rings. The summed E-state index contributed by atoms with van der Waals surface area (Å²) in [6.07, 6.45) is 4.78. The van der Waals surface area contributed by atoms with Gasteiger partial charge in [0.05, 0.1) is 5.56 Å². The Kier molecular flexibility index (Phi) is 7.08. The average Bonchev–Trinajstić information content (AvgIpc) is 2.78. The minimum Gasteiger partial charge on any atom is -0.489 e. The maximum absolute atomic E-state index is 13.5. The van der Waals surface area contributed by atoms with E-state index in [4.69, 9.17) is 16.3 Å². The standard InChI is InChI=1S/C24H27ClF2N2O2/c25-18-5-6-20(24(30)29-10-2-1-3-11-29)23(15-18)31-19-8-12-28(13-9-19)16-17-4-7-21(26)22(27)14-17/h4-7,14-15,19H,1-3,8-13,16H2. The van der Waals surface area contributed by atoms with Crippen molar-refractivity contribution in [2.45, 2.75) is 44.8 Å². The van der Waals surface area contributed by atoms with Gasteiger partial charge in [0.15, 0.2) is 11.6 Å². The lowest BCUT2D eigenvalue weighted by molar-refractivity contribution is 0.0702. The summed E-state index contributed by atoms with van der Waals surface area (Å²) in [6.45, 7) is 3.69. The number of carbonyl (C=O) groups excluding carboxylic acids is 1. The predicted molar refractivity (Wildman–Crippen MR) is 116 cm³/mol. The number of carbonyl (C=O) groups is 1.